The number of rotatable bonds is 4. The van der Waals surface area contributed by atoms with E-state index in [1.165, 1.54) is 47.5 Å². The van der Waals surface area contributed by atoms with Crippen molar-refractivity contribution in [1.29, 1.82) is 0 Å². The Labute approximate surface area is 199 Å². The van der Waals surface area contributed by atoms with Crippen molar-refractivity contribution in [2.45, 2.75) is 25.9 Å². The van der Waals surface area contributed by atoms with Crippen molar-refractivity contribution in [3.05, 3.63) is 119 Å². The molecule has 0 aromatic heterocycles. The van der Waals surface area contributed by atoms with Crippen molar-refractivity contribution in [3.63, 3.8) is 0 Å². The molecular formula is C28H30N2O4. The topological polar surface area (TPSA) is 136 Å². The monoisotopic (exact) mass is 458 g/mol. The number of carbonyl (C=O) groups excluding carboxylic acids is 2. The Morgan fingerprint density at radius 1 is 0.588 bits per heavy atom. The summed E-state index contributed by atoms with van der Waals surface area (Å²) in [5.74, 6) is -2.52. The summed E-state index contributed by atoms with van der Waals surface area (Å²) in [5.41, 5.74) is 10.6. The fourth-order valence-electron chi connectivity index (χ4n) is 3.06. The van der Waals surface area contributed by atoms with Crippen LogP contribution in [0.4, 0.5) is 0 Å². The fourth-order valence-corrected chi connectivity index (χ4v) is 3.06. The van der Waals surface area contributed by atoms with Crippen LogP contribution in [0.3, 0.4) is 0 Å². The van der Waals surface area contributed by atoms with Gasteiger partial charge in [0.25, 0.3) is 0 Å². The van der Waals surface area contributed by atoms with Gasteiger partial charge in [-0.3, -0.25) is 0 Å². The summed E-state index contributed by atoms with van der Waals surface area (Å²) in [5, 5.41) is 22.5. The Hall–Kier alpha value is -4.00. The summed E-state index contributed by atoms with van der Waals surface area (Å²) < 4.78 is 0. The van der Waals surface area contributed by atoms with Gasteiger partial charge in [0.2, 0.25) is 0 Å². The van der Waals surface area contributed by atoms with E-state index in [-0.39, 0.29) is 11.1 Å². The van der Waals surface area contributed by atoms with Gasteiger partial charge in [-0.1, -0.05) is 84.9 Å². The second-order valence-corrected chi connectivity index (χ2v) is 7.98. The third-order valence-corrected chi connectivity index (χ3v) is 5.05. The first-order valence-corrected chi connectivity index (χ1v) is 10.9. The van der Waals surface area contributed by atoms with Crippen molar-refractivity contribution in [3.8, 4) is 0 Å². The van der Waals surface area contributed by atoms with Crippen LogP contribution >= 0.6 is 0 Å². The lowest BCUT2D eigenvalue weighted by molar-refractivity contribution is -0.420. The molecular weight excluding hydrogens is 428 g/mol. The highest BCUT2D eigenvalue weighted by Crippen LogP contribution is 2.17. The fraction of sp³-hybridized carbons (Fsp3) is 0.143. The molecule has 2 atom stereocenters. The summed E-state index contributed by atoms with van der Waals surface area (Å²) in [6.07, 6.45) is 0. The van der Waals surface area contributed by atoms with Crippen LogP contribution < -0.4 is 21.7 Å². The van der Waals surface area contributed by atoms with E-state index in [2.05, 4.69) is 49.6 Å². The number of hydrogen-bond acceptors (Lipinski definition) is 4. The van der Waals surface area contributed by atoms with Gasteiger partial charge in [-0.15, -0.1) is 0 Å². The molecule has 0 saturated carbocycles. The second kappa shape index (κ2) is 12.9. The number of carboxylic acids is 2. The van der Waals surface area contributed by atoms with E-state index >= 15 is 0 Å². The number of aromatic carboxylic acids is 2. The lowest BCUT2D eigenvalue weighted by Crippen LogP contribution is -2.51. The van der Waals surface area contributed by atoms with Crippen molar-refractivity contribution >= 4 is 22.7 Å². The van der Waals surface area contributed by atoms with Gasteiger partial charge in [-0.05, 0) is 47.9 Å². The highest BCUT2D eigenvalue weighted by atomic mass is 16.4. The molecule has 6 nitrogen and oxygen atoms in total. The average molecular weight is 459 g/mol. The number of hydrogen-bond donors (Lipinski definition) is 2. The first kappa shape index (κ1) is 26.3. The minimum Gasteiger partial charge on any atom is -0.545 e. The molecule has 0 heterocycles. The summed E-state index contributed by atoms with van der Waals surface area (Å²) in [6.45, 7) is 4.19. The number of carboxylic acid groups (broad SMARTS) is 2. The Morgan fingerprint density at radius 3 is 1.15 bits per heavy atom. The zero-order chi connectivity index (χ0) is 25.1. The molecule has 176 valence electrons. The van der Waals surface area contributed by atoms with E-state index in [1.807, 2.05) is 36.4 Å². The Kier molecular flexibility index (Phi) is 9.95. The third kappa shape index (κ3) is 8.16. The molecule has 34 heavy (non-hydrogen) atoms. The van der Waals surface area contributed by atoms with Gasteiger partial charge in [0, 0.05) is 11.1 Å². The van der Waals surface area contributed by atoms with Crippen LogP contribution in [0, 0.1) is 0 Å². The maximum atomic E-state index is 10.6. The minimum absolute atomic E-state index is 0.0636. The molecule has 0 saturated heterocycles. The predicted molar refractivity (Wildman–Crippen MR) is 128 cm³/mol. The van der Waals surface area contributed by atoms with Gasteiger partial charge in [-0.25, -0.2) is 0 Å². The lowest BCUT2D eigenvalue weighted by Gasteiger charge is -2.07. The largest absolute Gasteiger partial charge is 0.545 e. The SMILES string of the molecule is C[C@@H]([NH3+])c1ccccc1.C[C@@H]([NH3+])c1ccccc1.O=C([O-])c1ccc2cc(C(=O)[O-])ccc2c1. The Morgan fingerprint density at radius 2 is 0.912 bits per heavy atom. The van der Waals surface area contributed by atoms with Crippen LogP contribution in [0.15, 0.2) is 97.1 Å². The van der Waals surface area contributed by atoms with Crippen LogP contribution in [0.5, 0.6) is 0 Å². The smallest absolute Gasteiger partial charge is 0.107 e. The van der Waals surface area contributed by atoms with Crippen molar-refractivity contribution in [2.24, 2.45) is 0 Å². The van der Waals surface area contributed by atoms with Crippen molar-refractivity contribution < 1.29 is 31.3 Å². The van der Waals surface area contributed by atoms with Crippen LogP contribution in [0.1, 0.15) is 57.8 Å². The first-order valence-electron chi connectivity index (χ1n) is 10.9. The van der Waals surface area contributed by atoms with Gasteiger partial charge < -0.3 is 31.3 Å². The van der Waals surface area contributed by atoms with E-state index < -0.39 is 11.9 Å². The van der Waals surface area contributed by atoms with Crippen LogP contribution in [-0.2, 0) is 0 Å². The quantitative estimate of drug-likeness (QED) is 0.479. The van der Waals surface area contributed by atoms with E-state index in [4.69, 9.17) is 0 Å². The Balaban J connectivity index is 0.000000194. The molecule has 6 heteroatoms. The number of carbonyl (C=O) groups is 2. The summed E-state index contributed by atoms with van der Waals surface area (Å²) >= 11 is 0. The standard InChI is InChI=1S/C12H8O4.2C8H11N/c13-11(14)9-3-1-7-5-10(12(15)16)4-2-8(7)6-9;2*1-7(9)8-5-3-2-4-6-8/h1-6H,(H,13,14)(H,15,16);2*2-7H,9H2,1H3/t;2*7-/m.11/s1. The molecule has 0 bridgehead atoms. The molecule has 4 aromatic rings. The lowest BCUT2D eigenvalue weighted by atomic mass is 10.0. The molecule has 4 rings (SSSR count). The third-order valence-electron chi connectivity index (χ3n) is 5.05. The summed E-state index contributed by atoms with van der Waals surface area (Å²) in [6, 6.07) is 30.1. The van der Waals surface area contributed by atoms with Gasteiger partial charge >= 0.3 is 0 Å². The number of fused-ring (bicyclic) bond motifs is 1. The molecule has 0 spiro atoms. The van der Waals surface area contributed by atoms with E-state index in [9.17, 15) is 19.8 Å². The molecule has 6 N–H and O–H groups in total. The van der Waals surface area contributed by atoms with Crippen LogP contribution in [0.2, 0.25) is 0 Å². The van der Waals surface area contributed by atoms with Crippen molar-refractivity contribution in [2.75, 3.05) is 0 Å². The summed E-state index contributed by atoms with van der Waals surface area (Å²) in [4.78, 5) is 21.2. The number of benzene rings is 4. The average Bonchev–Trinajstić information content (AvgIpc) is 2.85. The van der Waals surface area contributed by atoms with Gasteiger partial charge in [0.15, 0.2) is 0 Å². The summed E-state index contributed by atoms with van der Waals surface area (Å²) in [7, 11) is 0. The second-order valence-electron chi connectivity index (χ2n) is 7.98. The molecule has 0 aliphatic carbocycles. The minimum atomic E-state index is -1.26. The van der Waals surface area contributed by atoms with Gasteiger partial charge in [0.1, 0.15) is 12.1 Å². The molecule has 0 aliphatic heterocycles. The van der Waals surface area contributed by atoms with E-state index in [1.54, 1.807) is 0 Å². The Bertz CT molecular complexity index is 1110. The molecule has 4 aromatic carbocycles. The van der Waals surface area contributed by atoms with Crippen LogP contribution in [0.25, 0.3) is 10.8 Å². The number of quaternary nitrogens is 2. The normalized spacial score (nSPS) is 11.8. The van der Waals surface area contributed by atoms with E-state index in [0.717, 1.165) is 0 Å². The molecule has 0 unspecified atom stereocenters. The van der Waals surface area contributed by atoms with E-state index in [0.29, 0.717) is 22.9 Å². The van der Waals surface area contributed by atoms with Crippen LogP contribution in [-0.4, -0.2) is 11.9 Å². The zero-order valence-electron chi connectivity index (χ0n) is 19.4. The highest BCUT2D eigenvalue weighted by Gasteiger charge is 2.00. The maximum Gasteiger partial charge on any atom is 0.107 e. The molecule has 0 fully saturated rings. The first-order chi connectivity index (χ1) is 16.2. The van der Waals surface area contributed by atoms with Crippen molar-refractivity contribution in [1.82, 2.24) is 0 Å². The van der Waals surface area contributed by atoms with Gasteiger partial charge in [-0.2, -0.15) is 0 Å². The zero-order valence-corrected chi connectivity index (χ0v) is 19.4. The predicted octanol–water partition coefficient (Wildman–Crippen LogP) is 1.55. The molecule has 0 aliphatic rings. The maximum absolute atomic E-state index is 10.6. The van der Waals surface area contributed by atoms with Gasteiger partial charge in [0.05, 0.1) is 11.9 Å². The highest BCUT2D eigenvalue weighted by molar-refractivity contribution is 5.97. The molecule has 0 radical (unpaired) electrons. The molecule has 0 amide bonds.